The molecule has 2 N–H and O–H groups in total. The molecule has 1 atom stereocenters. The van der Waals surface area contributed by atoms with E-state index in [1.165, 1.54) is 0 Å². The Morgan fingerprint density at radius 1 is 1.16 bits per heavy atom. The molecular weight excluding hydrogens is 404 g/mol. The number of aromatic nitrogens is 2. The second kappa shape index (κ2) is 8.86. The zero-order valence-corrected chi connectivity index (χ0v) is 18.5. The molecule has 1 saturated heterocycles. The van der Waals surface area contributed by atoms with Crippen LogP contribution in [0.2, 0.25) is 0 Å². The van der Waals surface area contributed by atoms with Gasteiger partial charge in [0.25, 0.3) is 5.91 Å². The van der Waals surface area contributed by atoms with E-state index in [0.717, 1.165) is 81.0 Å². The summed E-state index contributed by atoms with van der Waals surface area (Å²) >= 11 is 0. The smallest absolute Gasteiger partial charge is 0.270 e. The Bertz CT molecular complexity index is 996. The van der Waals surface area contributed by atoms with Crippen molar-refractivity contribution in [2.45, 2.75) is 45.2 Å². The molecular formula is C24H30N6O2. The van der Waals surface area contributed by atoms with E-state index in [1.54, 1.807) is 6.20 Å². The minimum atomic E-state index is -0.0797. The Kier molecular flexibility index (Phi) is 5.78. The summed E-state index contributed by atoms with van der Waals surface area (Å²) in [6.45, 7) is 6.54. The first-order valence-corrected chi connectivity index (χ1v) is 11.6. The molecule has 2 aromatic heterocycles. The maximum Gasteiger partial charge on any atom is 0.270 e. The third kappa shape index (κ3) is 4.60. The van der Waals surface area contributed by atoms with Crippen molar-refractivity contribution >= 4 is 23.2 Å². The zero-order valence-electron chi connectivity index (χ0n) is 18.5. The van der Waals surface area contributed by atoms with Crippen molar-refractivity contribution in [1.29, 1.82) is 0 Å². The zero-order chi connectivity index (χ0) is 22.1. The van der Waals surface area contributed by atoms with E-state index in [-0.39, 0.29) is 17.7 Å². The molecule has 4 heterocycles. The number of nitrogens with one attached hydrogen (secondary N) is 2. The summed E-state index contributed by atoms with van der Waals surface area (Å²) in [7, 11) is 0. The first-order valence-electron chi connectivity index (χ1n) is 11.6. The average molecular weight is 435 g/mol. The van der Waals surface area contributed by atoms with Crippen LogP contribution in [0, 0.1) is 5.92 Å². The Labute approximate surface area is 188 Å². The van der Waals surface area contributed by atoms with Crippen LogP contribution < -0.4 is 15.5 Å². The standard InChI is InChI=1S/C24H30N6O2/c1-2-17-12-21-22(28-23(17)31)11-16(13-25-21)15-29-7-9-30(10-8-29)19-5-6-20(26-14-19)24(32)27-18-3-4-18/h5-6,11,13-14,17-18H,2-4,7-10,12,15H2,1H3,(H,27,32)(H,28,31). The third-order valence-corrected chi connectivity index (χ3v) is 6.62. The molecule has 0 radical (unpaired) electrons. The average Bonchev–Trinajstić information content (AvgIpc) is 3.63. The van der Waals surface area contributed by atoms with Gasteiger partial charge in [0.05, 0.1) is 23.3 Å². The van der Waals surface area contributed by atoms with E-state index in [1.807, 2.05) is 25.3 Å². The van der Waals surface area contributed by atoms with Gasteiger partial charge >= 0.3 is 0 Å². The highest BCUT2D eigenvalue weighted by molar-refractivity contribution is 5.95. The van der Waals surface area contributed by atoms with Crippen molar-refractivity contribution < 1.29 is 9.59 Å². The summed E-state index contributed by atoms with van der Waals surface area (Å²) in [6, 6.07) is 6.22. The van der Waals surface area contributed by atoms with Gasteiger partial charge < -0.3 is 15.5 Å². The Morgan fingerprint density at radius 3 is 2.66 bits per heavy atom. The lowest BCUT2D eigenvalue weighted by Gasteiger charge is -2.36. The molecule has 3 aliphatic rings. The minimum absolute atomic E-state index is 0.0325. The van der Waals surface area contributed by atoms with E-state index in [4.69, 9.17) is 0 Å². The number of carbonyl (C=O) groups excluding carboxylic acids is 2. The summed E-state index contributed by atoms with van der Waals surface area (Å²) in [5, 5.41) is 6.00. The number of rotatable bonds is 6. The van der Waals surface area contributed by atoms with Crippen LogP contribution in [-0.2, 0) is 17.8 Å². The lowest BCUT2D eigenvalue weighted by Crippen LogP contribution is -2.46. The van der Waals surface area contributed by atoms with Gasteiger partial charge in [0.15, 0.2) is 0 Å². The second-order valence-electron chi connectivity index (χ2n) is 9.05. The van der Waals surface area contributed by atoms with Crippen LogP contribution in [0.15, 0.2) is 30.6 Å². The van der Waals surface area contributed by atoms with E-state index >= 15 is 0 Å². The number of fused-ring (bicyclic) bond motifs is 1. The molecule has 32 heavy (non-hydrogen) atoms. The monoisotopic (exact) mass is 434 g/mol. The summed E-state index contributed by atoms with van der Waals surface area (Å²) in [5.74, 6) is 0.0613. The molecule has 1 aliphatic carbocycles. The van der Waals surface area contributed by atoms with Gasteiger partial charge in [-0.2, -0.15) is 0 Å². The van der Waals surface area contributed by atoms with Crippen LogP contribution >= 0.6 is 0 Å². The van der Waals surface area contributed by atoms with Crippen molar-refractivity contribution in [1.82, 2.24) is 20.2 Å². The second-order valence-corrected chi connectivity index (χ2v) is 9.05. The lowest BCUT2D eigenvalue weighted by atomic mass is 9.94. The van der Waals surface area contributed by atoms with Gasteiger partial charge in [-0.25, -0.2) is 4.98 Å². The highest BCUT2D eigenvalue weighted by atomic mass is 16.2. The normalized spacial score (nSPS) is 21.1. The third-order valence-electron chi connectivity index (χ3n) is 6.62. The van der Waals surface area contributed by atoms with Crippen molar-refractivity contribution in [2.24, 2.45) is 5.92 Å². The molecule has 0 aromatic carbocycles. The van der Waals surface area contributed by atoms with Gasteiger partial charge in [0.2, 0.25) is 5.91 Å². The van der Waals surface area contributed by atoms with E-state index in [9.17, 15) is 9.59 Å². The van der Waals surface area contributed by atoms with Crippen LogP contribution in [0.4, 0.5) is 11.4 Å². The highest BCUT2D eigenvalue weighted by Crippen LogP contribution is 2.27. The van der Waals surface area contributed by atoms with Gasteiger partial charge in [-0.15, -0.1) is 0 Å². The van der Waals surface area contributed by atoms with Crippen LogP contribution in [0.1, 0.15) is 47.9 Å². The Balaban J connectivity index is 1.15. The summed E-state index contributed by atoms with van der Waals surface area (Å²) < 4.78 is 0. The van der Waals surface area contributed by atoms with Crippen molar-refractivity contribution in [3.63, 3.8) is 0 Å². The van der Waals surface area contributed by atoms with E-state index < -0.39 is 0 Å². The van der Waals surface area contributed by atoms with Gasteiger partial charge in [0.1, 0.15) is 5.69 Å². The molecule has 0 bridgehead atoms. The van der Waals surface area contributed by atoms with Gasteiger partial charge in [0, 0.05) is 57.3 Å². The van der Waals surface area contributed by atoms with Crippen molar-refractivity contribution in [3.8, 4) is 0 Å². The SMILES string of the molecule is CCC1Cc2ncc(CN3CCN(c4ccc(C(=O)NC5CC5)nc4)CC3)cc2NC1=O. The van der Waals surface area contributed by atoms with Crippen LogP contribution in [0.25, 0.3) is 0 Å². The molecule has 5 rings (SSSR count). The molecule has 8 heteroatoms. The molecule has 2 amide bonds. The fraction of sp³-hybridized carbons (Fsp3) is 0.500. The molecule has 1 saturated carbocycles. The lowest BCUT2D eigenvalue weighted by molar-refractivity contribution is -0.120. The Morgan fingerprint density at radius 2 is 1.97 bits per heavy atom. The topological polar surface area (TPSA) is 90.5 Å². The maximum absolute atomic E-state index is 12.2. The number of pyridine rings is 2. The fourth-order valence-electron chi connectivity index (χ4n) is 4.40. The minimum Gasteiger partial charge on any atom is -0.368 e. The molecule has 2 fully saturated rings. The molecule has 2 aromatic rings. The maximum atomic E-state index is 12.2. The van der Waals surface area contributed by atoms with E-state index in [2.05, 4.69) is 36.5 Å². The number of carbonyl (C=O) groups is 2. The number of anilines is 2. The van der Waals surface area contributed by atoms with Crippen LogP contribution in [0.5, 0.6) is 0 Å². The largest absolute Gasteiger partial charge is 0.368 e. The summed E-state index contributed by atoms with van der Waals surface area (Å²) in [5.41, 5.74) is 4.52. The number of nitrogens with zero attached hydrogens (tertiary/aromatic N) is 4. The number of hydrogen-bond acceptors (Lipinski definition) is 6. The van der Waals surface area contributed by atoms with Gasteiger partial charge in [-0.05, 0) is 43.0 Å². The molecule has 0 spiro atoms. The van der Waals surface area contributed by atoms with Gasteiger partial charge in [-0.3, -0.25) is 19.5 Å². The first kappa shape index (κ1) is 20.9. The predicted octanol–water partition coefficient (Wildman–Crippen LogP) is 2.21. The molecule has 1 unspecified atom stereocenters. The van der Waals surface area contributed by atoms with E-state index in [0.29, 0.717) is 11.7 Å². The molecule has 2 aliphatic heterocycles. The summed E-state index contributed by atoms with van der Waals surface area (Å²) in [4.78, 5) is 38.0. The van der Waals surface area contributed by atoms with Crippen LogP contribution in [0.3, 0.4) is 0 Å². The van der Waals surface area contributed by atoms with Crippen molar-refractivity contribution in [3.05, 3.63) is 47.5 Å². The quantitative estimate of drug-likeness (QED) is 0.725. The first-order chi connectivity index (χ1) is 15.6. The van der Waals surface area contributed by atoms with Gasteiger partial charge in [-0.1, -0.05) is 6.92 Å². The predicted molar refractivity (Wildman–Crippen MR) is 123 cm³/mol. The fourth-order valence-corrected chi connectivity index (χ4v) is 4.40. The Hall–Kier alpha value is -3.00. The van der Waals surface area contributed by atoms with Crippen molar-refractivity contribution in [2.75, 3.05) is 36.4 Å². The number of amides is 2. The summed E-state index contributed by atoms with van der Waals surface area (Å²) in [6.07, 6.45) is 7.46. The number of piperazine rings is 1. The highest BCUT2D eigenvalue weighted by Gasteiger charge is 2.27. The molecule has 168 valence electrons. The van der Waals surface area contributed by atoms with Crippen LogP contribution in [-0.4, -0.2) is 58.9 Å². The number of hydrogen-bond donors (Lipinski definition) is 2. The molecule has 8 nitrogen and oxygen atoms in total.